The van der Waals surface area contributed by atoms with Gasteiger partial charge in [-0.2, -0.15) is 5.10 Å². The highest BCUT2D eigenvalue weighted by Crippen LogP contribution is 2.45. The molecular weight excluding hydrogens is 522 g/mol. The predicted octanol–water partition coefficient (Wildman–Crippen LogP) is 2.97. The van der Waals surface area contributed by atoms with Crippen LogP contribution in [0.25, 0.3) is 0 Å². The molecule has 2 atom stereocenters. The summed E-state index contributed by atoms with van der Waals surface area (Å²) >= 11 is 7.30. The van der Waals surface area contributed by atoms with Gasteiger partial charge in [0.25, 0.3) is 5.56 Å². The van der Waals surface area contributed by atoms with Crippen LogP contribution in [0.4, 0.5) is 0 Å². The van der Waals surface area contributed by atoms with E-state index in [1.165, 1.54) is 18.2 Å². The second kappa shape index (κ2) is 9.15. The summed E-state index contributed by atoms with van der Waals surface area (Å²) in [5, 5.41) is 25.2. The molecule has 2 aromatic rings. The number of benzene rings is 1. The molecule has 5 N–H and O–H groups in total. The third-order valence-corrected chi connectivity index (χ3v) is 6.03. The number of nitrogens with one attached hydrogen (secondary N) is 1. The summed E-state index contributed by atoms with van der Waals surface area (Å²) in [5.41, 5.74) is 6.85. The molecule has 0 fully saturated rings. The summed E-state index contributed by atoms with van der Waals surface area (Å²) in [6.45, 7) is 0. The monoisotopic (exact) mass is 539 g/mol. The van der Waals surface area contributed by atoms with Crippen LogP contribution >= 0.6 is 31.9 Å². The van der Waals surface area contributed by atoms with Gasteiger partial charge >= 0.3 is 5.97 Å². The lowest BCUT2D eigenvalue weighted by molar-refractivity contribution is -0.138. The van der Waals surface area contributed by atoms with E-state index in [0.717, 1.165) is 5.57 Å². The number of carboxylic acids is 1. The zero-order valence-electron chi connectivity index (χ0n) is 15.6. The smallest absolute Gasteiger partial charge is 0.320 e. The van der Waals surface area contributed by atoms with Gasteiger partial charge in [0.1, 0.15) is 23.3 Å². The minimum atomic E-state index is -1.08. The summed E-state index contributed by atoms with van der Waals surface area (Å²) in [6, 6.07) is 8.27. The van der Waals surface area contributed by atoms with Gasteiger partial charge in [0.15, 0.2) is 0 Å². The predicted molar refractivity (Wildman–Crippen MR) is 118 cm³/mol. The first kappa shape index (κ1) is 22.3. The highest BCUT2D eigenvalue weighted by Gasteiger charge is 2.40. The van der Waals surface area contributed by atoms with E-state index in [1.54, 1.807) is 24.3 Å². The number of hydrogen-bond acceptors (Lipinski definition) is 6. The normalized spacial score (nSPS) is 19.9. The molecule has 1 aliphatic rings. The van der Waals surface area contributed by atoms with Crippen LogP contribution in [0.2, 0.25) is 0 Å². The highest BCUT2D eigenvalue weighted by atomic mass is 79.9. The largest absolute Gasteiger partial charge is 0.508 e. The molecule has 1 aromatic heterocycles. The van der Waals surface area contributed by atoms with Gasteiger partial charge in [-0.3, -0.25) is 9.59 Å². The van der Waals surface area contributed by atoms with E-state index in [1.807, 2.05) is 0 Å². The number of ether oxygens (including phenoxy) is 1. The maximum Gasteiger partial charge on any atom is 0.320 e. The van der Waals surface area contributed by atoms with E-state index in [9.17, 15) is 14.7 Å². The molecule has 158 valence electrons. The molecule has 0 radical (unpaired) electrons. The van der Waals surface area contributed by atoms with Crippen molar-refractivity contribution in [2.45, 2.75) is 29.6 Å². The number of aromatic amines is 1. The molecule has 1 heterocycles. The van der Waals surface area contributed by atoms with E-state index in [-0.39, 0.29) is 17.7 Å². The first-order valence-corrected chi connectivity index (χ1v) is 10.5. The number of carbonyl (C=O) groups is 1. The molecule has 1 unspecified atom stereocenters. The Morgan fingerprint density at radius 2 is 2.00 bits per heavy atom. The van der Waals surface area contributed by atoms with Crippen LogP contribution in [-0.2, 0) is 11.2 Å². The van der Waals surface area contributed by atoms with E-state index < -0.39 is 16.3 Å². The number of aromatic nitrogens is 2. The van der Waals surface area contributed by atoms with Gasteiger partial charge in [-0.15, -0.1) is 0 Å². The Hall–Kier alpha value is -2.43. The fourth-order valence-electron chi connectivity index (χ4n) is 3.12. The molecule has 3 rings (SSSR count). The summed E-state index contributed by atoms with van der Waals surface area (Å²) < 4.78 is 5.96. The lowest BCUT2D eigenvalue weighted by Gasteiger charge is -2.35. The molecule has 30 heavy (non-hydrogen) atoms. The Labute approximate surface area is 188 Å². The Morgan fingerprint density at radius 3 is 2.60 bits per heavy atom. The van der Waals surface area contributed by atoms with Crippen LogP contribution in [0.1, 0.15) is 18.5 Å². The van der Waals surface area contributed by atoms with E-state index >= 15 is 0 Å². The summed E-state index contributed by atoms with van der Waals surface area (Å²) in [6.07, 6.45) is 2.74. The third-order valence-electron chi connectivity index (χ3n) is 4.52. The minimum absolute atomic E-state index is 0.117. The molecular formula is C20H19Br2N3O5. The van der Waals surface area contributed by atoms with Gasteiger partial charge in [-0.1, -0.05) is 21.5 Å². The Balaban J connectivity index is 1.97. The first-order chi connectivity index (χ1) is 14.2. The van der Waals surface area contributed by atoms with Crippen molar-refractivity contribution in [3.8, 4) is 11.5 Å². The lowest BCUT2D eigenvalue weighted by atomic mass is 9.86. The van der Waals surface area contributed by atoms with Crippen molar-refractivity contribution in [1.82, 2.24) is 10.2 Å². The number of aliphatic carboxylic acids is 1. The van der Waals surface area contributed by atoms with Crippen molar-refractivity contribution < 1.29 is 19.7 Å². The van der Waals surface area contributed by atoms with Gasteiger partial charge in [0.05, 0.1) is 14.5 Å². The van der Waals surface area contributed by atoms with Gasteiger partial charge in [-0.05, 0) is 65.2 Å². The Bertz CT molecular complexity index is 1040. The second-order valence-electron chi connectivity index (χ2n) is 6.96. The number of aromatic hydroxyl groups is 1. The van der Waals surface area contributed by atoms with Crippen molar-refractivity contribution >= 4 is 37.8 Å². The van der Waals surface area contributed by atoms with Crippen LogP contribution in [0, 0.1) is 0 Å². The van der Waals surface area contributed by atoms with Crippen molar-refractivity contribution in [3.05, 3.63) is 74.3 Å². The average molecular weight is 541 g/mol. The standard InChI is InChI=1S/C20H19Br2N3O5/c21-15-7-11(8-16(23)19(28)29)9-20(22,10-12-1-6-17(27)25-24-12)18(15)30-14-4-2-13(26)3-5-14/h1-7,16,26H,8-10,23H2,(H,25,27)(H,28,29)/t16-,20?/m0/s1. The number of H-pyrrole nitrogens is 1. The van der Waals surface area contributed by atoms with Crippen molar-refractivity contribution in [3.63, 3.8) is 0 Å². The molecule has 0 amide bonds. The van der Waals surface area contributed by atoms with Gasteiger partial charge in [0, 0.05) is 12.5 Å². The number of phenolic OH excluding ortho intramolecular Hbond substituents is 1. The number of nitrogens with two attached hydrogens (primary N) is 1. The van der Waals surface area contributed by atoms with Crippen LogP contribution in [0.3, 0.4) is 0 Å². The van der Waals surface area contributed by atoms with Crippen LogP contribution in [-0.4, -0.2) is 36.7 Å². The average Bonchev–Trinajstić information content (AvgIpc) is 2.68. The first-order valence-electron chi connectivity index (χ1n) is 8.95. The number of allylic oxidation sites excluding steroid dienone is 3. The van der Waals surface area contributed by atoms with Crippen molar-refractivity contribution in [2.24, 2.45) is 5.73 Å². The molecule has 8 nitrogen and oxygen atoms in total. The van der Waals surface area contributed by atoms with E-state index in [0.29, 0.717) is 34.5 Å². The van der Waals surface area contributed by atoms with Gasteiger partial charge in [-0.25, -0.2) is 5.10 Å². The summed E-state index contributed by atoms with van der Waals surface area (Å²) in [7, 11) is 0. The zero-order chi connectivity index (χ0) is 21.9. The summed E-state index contributed by atoms with van der Waals surface area (Å²) in [4.78, 5) is 22.5. The molecule has 10 heteroatoms. The number of rotatable bonds is 7. The van der Waals surface area contributed by atoms with Gasteiger partial charge in [0.2, 0.25) is 0 Å². The Morgan fingerprint density at radius 1 is 1.30 bits per heavy atom. The topological polar surface area (TPSA) is 139 Å². The summed E-state index contributed by atoms with van der Waals surface area (Å²) in [5.74, 6) is 0.0990. The number of phenols is 1. The van der Waals surface area contributed by atoms with Crippen molar-refractivity contribution in [1.29, 1.82) is 0 Å². The number of carboxylic acid groups (broad SMARTS) is 1. The fraction of sp³-hybridized carbons (Fsp3) is 0.250. The molecule has 1 aliphatic carbocycles. The maximum atomic E-state index is 11.3. The quantitative estimate of drug-likeness (QED) is 0.396. The SMILES string of the molecule is N[C@@H](CC1=CC(Br)=C(Oc2ccc(O)cc2)C(Br)(Cc2ccc(=O)[nH]n2)C1)C(=O)O. The van der Waals surface area contributed by atoms with Crippen LogP contribution in [0.5, 0.6) is 11.5 Å². The number of alkyl halides is 1. The zero-order valence-corrected chi connectivity index (χ0v) is 18.8. The number of halogens is 2. The van der Waals surface area contributed by atoms with Crippen LogP contribution in [0.15, 0.2) is 63.1 Å². The molecule has 0 saturated carbocycles. The number of nitrogens with zero attached hydrogens (tertiary/aromatic N) is 1. The minimum Gasteiger partial charge on any atom is -0.508 e. The van der Waals surface area contributed by atoms with E-state index in [2.05, 4.69) is 42.1 Å². The molecule has 1 aromatic carbocycles. The molecule has 0 spiro atoms. The molecule has 0 saturated heterocycles. The second-order valence-corrected chi connectivity index (χ2v) is 9.33. The third kappa shape index (κ3) is 5.38. The highest BCUT2D eigenvalue weighted by molar-refractivity contribution is 9.12. The Kier molecular flexibility index (Phi) is 6.79. The number of hydrogen-bond donors (Lipinski definition) is 4. The molecule has 0 aliphatic heterocycles. The van der Waals surface area contributed by atoms with Gasteiger partial charge < -0.3 is 20.7 Å². The van der Waals surface area contributed by atoms with E-state index in [4.69, 9.17) is 15.6 Å². The van der Waals surface area contributed by atoms with Crippen LogP contribution < -0.4 is 16.0 Å². The lowest BCUT2D eigenvalue weighted by Crippen LogP contribution is -2.36. The fourth-order valence-corrected chi connectivity index (χ4v) is 5.12. The van der Waals surface area contributed by atoms with Crippen molar-refractivity contribution in [2.75, 3.05) is 0 Å². The maximum absolute atomic E-state index is 11.3. The molecule has 0 bridgehead atoms.